The van der Waals surface area contributed by atoms with Gasteiger partial charge in [-0.2, -0.15) is 0 Å². The summed E-state index contributed by atoms with van der Waals surface area (Å²) in [6, 6.07) is 10.1. The van der Waals surface area contributed by atoms with Crippen molar-refractivity contribution in [3.8, 4) is 0 Å². The number of benzene rings is 1. The maximum Gasteiger partial charge on any atom is 0.305 e. The van der Waals surface area contributed by atoms with Crippen LogP contribution in [0.15, 0.2) is 30.3 Å². The molecule has 0 unspecified atom stereocenters. The molecule has 28 heavy (non-hydrogen) atoms. The lowest BCUT2D eigenvalue weighted by molar-refractivity contribution is -0.145. The molecule has 0 fully saturated rings. The molecule has 0 aliphatic heterocycles. The third kappa shape index (κ3) is 14.2. The summed E-state index contributed by atoms with van der Waals surface area (Å²) >= 11 is 0. The number of unbranched alkanes of at least 4 members (excludes halogenated alkanes) is 7. The van der Waals surface area contributed by atoms with Crippen LogP contribution in [0.25, 0.3) is 0 Å². The van der Waals surface area contributed by atoms with E-state index in [2.05, 4.69) is 19.1 Å². The van der Waals surface area contributed by atoms with Gasteiger partial charge in [0.25, 0.3) is 0 Å². The number of hydrogen-bond donors (Lipinski definition) is 0. The Hall–Kier alpha value is -1.84. The van der Waals surface area contributed by atoms with E-state index in [4.69, 9.17) is 9.47 Å². The average molecular weight is 391 g/mol. The van der Waals surface area contributed by atoms with E-state index in [1.807, 2.05) is 18.2 Å². The molecule has 0 bridgehead atoms. The molecule has 0 radical (unpaired) electrons. The molecule has 4 heteroatoms. The van der Waals surface area contributed by atoms with Crippen molar-refractivity contribution in [2.75, 3.05) is 13.2 Å². The summed E-state index contributed by atoms with van der Waals surface area (Å²) in [4.78, 5) is 23.4. The van der Waals surface area contributed by atoms with Gasteiger partial charge in [-0.15, -0.1) is 0 Å². The van der Waals surface area contributed by atoms with Gasteiger partial charge in [-0.05, 0) is 31.2 Å². The van der Waals surface area contributed by atoms with Gasteiger partial charge in [-0.25, -0.2) is 0 Å². The standard InChI is InChI=1S/C24H38O4/c1-2-3-4-5-6-7-8-12-20-27-23(25)18-13-19-24(26)28-21-14-17-22-15-10-9-11-16-22/h9-11,15-16H,2-8,12-14,17-21H2,1H3. The van der Waals surface area contributed by atoms with Gasteiger partial charge in [0.1, 0.15) is 0 Å². The van der Waals surface area contributed by atoms with Gasteiger partial charge in [-0.3, -0.25) is 9.59 Å². The minimum absolute atomic E-state index is 0.208. The third-order valence-electron chi connectivity index (χ3n) is 4.74. The molecule has 0 spiro atoms. The molecule has 0 saturated carbocycles. The third-order valence-corrected chi connectivity index (χ3v) is 4.74. The molecule has 1 aromatic rings. The molecular formula is C24H38O4. The highest BCUT2D eigenvalue weighted by molar-refractivity contribution is 5.72. The second-order valence-corrected chi connectivity index (χ2v) is 7.36. The van der Waals surface area contributed by atoms with Gasteiger partial charge in [0.05, 0.1) is 13.2 Å². The van der Waals surface area contributed by atoms with Crippen molar-refractivity contribution in [2.45, 2.75) is 90.4 Å². The Morgan fingerprint density at radius 3 is 1.82 bits per heavy atom. The zero-order chi connectivity index (χ0) is 20.3. The lowest BCUT2D eigenvalue weighted by atomic mass is 10.1. The number of hydrogen-bond acceptors (Lipinski definition) is 4. The molecule has 158 valence electrons. The van der Waals surface area contributed by atoms with E-state index in [1.165, 1.54) is 44.1 Å². The van der Waals surface area contributed by atoms with Crippen LogP contribution in [0.1, 0.15) is 89.5 Å². The van der Waals surface area contributed by atoms with Crippen molar-refractivity contribution < 1.29 is 19.1 Å². The first-order valence-electron chi connectivity index (χ1n) is 11.1. The van der Waals surface area contributed by atoms with E-state index < -0.39 is 0 Å². The van der Waals surface area contributed by atoms with E-state index in [0.717, 1.165) is 25.7 Å². The van der Waals surface area contributed by atoms with Crippen molar-refractivity contribution >= 4 is 11.9 Å². The molecule has 0 aliphatic carbocycles. The van der Waals surface area contributed by atoms with Crippen LogP contribution < -0.4 is 0 Å². The van der Waals surface area contributed by atoms with Crippen LogP contribution in [0.4, 0.5) is 0 Å². The van der Waals surface area contributed by atoms with Crippen molar-refractivity contribution in [3.05, 3.63) is 35.9 Å². The molecule has 0 amide bonds. The molecule has 1 rings (SSSR count). The quantitative estimate of drug-likeness (QED) is 0.241. The lowest BCUT2D eigenvalue weighted by Crippen LogP contribution is -2.09. The first-order valence-corrected chi connectivity index (χ1v) is 11.1. The topological polar surface area (TPSA) is 52.6 Å². The first-order chi connectivity index (χ1) is 13.7. The molecule has 0 N–H and O–H groups in total. The molecule has 1 aromatic carbocycles. The molecule has 0 atom stereocenters. The van der Waals surface area contributed by atoms with Crippen LogP contribution in [0, 0.1) is 0 Å². The normalized spacial score (nSPS) is 10.6. The summed E-state index contributed by atoms with van der Waals surface area (Å²) in [5.74, 6) is -0.441. The maximum atomic E-state index is 11.7. The smallest absolute Gasteiger partial charge is 0.305 e. The summed E-state index contributed by atoms with van der Waals surface area (Å²) < 4.78 is 10.4. The van der Waals surface area contributed by atoms with E-state index >= 15 is 0 Å². The van der Waals surface area contributed by atoms with Crippen LogP contribution >= 0.6 is 0 Å². The Kier molecular flexibility index (Phi) is 14.9. The Labute approximate surface area is 171 Å². The Morgan fingerprint density at radius 2 is 1.21 bits per heavy atom. The summed E-state index contributed by atoms with van der Waals surface area (Å²) in [6.45, 7) is 3.15. The Bertz CT molecular complexity index is 513. The number of aryl methyl sites for hydroxylation is 1. The number of esters is 2. The van der Waals surface area contributed by atoms with E-state index in [-0.39, 0.29) is 24.8 Å². The van der Waals surface area contributed by atoms with Crippen LogP contribution in [0.3, 0.4) is 0 Å². The van der Waals surface area contributed by atoms with Crippen LogP contribution in [-0.2, 0) is 25.5 Å². The highest BCUT2D eigenvalue weighted by atomic mass is 16.5. The van der Waals surface area contributed by atoms with E-state index in [1.54, 1.807) is 0 Å². The number of rotatable bonds is 17. The van der Waals surface area contributed by atoms with Crippen LogP contribution in [-0.4, -0.2) is 25.2 Å². The van der Waals surface area contributed by atoms with Crippen molar-refractivity contribution in [1.29, 1.82) is 0 Å². The summed E-state index contributed by atoms with van der Waals surface area (Å²) in [5, 5.41) is 0. The highest BCUT2D eigenvalue weighted by Crippen LogP contribution is 2.09. The average Bonchev–Trinajstić information content (AvgIpc) is 2.71. The minimum atomic E-state index is -0.232. The van der Waals surface area contributed by atoms with E-state index in [9.17, 15) is 9.59 Å². The fourth-order valence-electron chi connectivity index (χ4n) is 3.05. The van der Waals surface area contributed by atoms with Gasteiger partial charge < -0.3 is 9.47 Å². The lowest BCUT2D eigenvalue weighted by Gasteiger charge is -2.06. The summed E-state index contributed by atoms with van der Waals surface area (Å²) in [7, 11) is 0. The molecule has 0 saturated heterocycles. The van der Waals surface area contributed by atoms with Gasteiger partial charge in [0, 0.05) is 12.8 Å². The Morgan fingerprint density at radius 1 is 0.679 bits per heavy atom. The monoisotopic (exact) mass is 390 g/mol. The van der Waals surface area contributed by atoms with Gasteiger partial charge in [-0.1, -0.05) is 82.2 Å². The largest absolute Gasteiger partial charge is 0.466 e. The predicted molar refractivity (Wildman–Crippen MR) is 113 cm³/mol. The fourth-order valence-corrected chi connectivity index (χ4v) is 3.05. The van der Waals surface area contributed by atoms with Crippen molar-refractivity contribution in [2.24, 2.45) is 0 Å². The molecular weight excluding hydrogens is 352 g/mol. The van der Waals surface area contributed by atoms with Crippen LogP contribution in [0.2, 0.25) is 0 Å². The molecule has 0 aromatic heterocycles. The number of carbonyl (C=O) groups is 2. The second kappa shape index (κ2) is 17.3. The van der Waals surface area contributed by atoms with Gasteiger partial charge in [0.15, 0.2) is 0 Å². The summed E-state index contributed by atoms with van der Waals surface area (Å²) in [6.07, 6.45) is 12.6. The SMILES string of the molecule is CCCCCCCCCCOC(=O)CCCC(=O)OCCCc1ccccc1. The zero-order valence-electron chi connectivity index (χ0n) is 17.6. The fraction of sp³-hybridized carbons (Fsp3) is 0.667. The highest BCUT2D eigenvalue weighted by Gasteiger charge is 2.07. The molecule has 0 aliphatic rings. The zero-order valence-corrected chi connectivity index (χ0v) is 17.6. The van der Waals surface area contributed by atoms with Gasteiger partial charge >= 0.3 is 11.9 Å². The van der Waals surface area contributed by atoms with E-state index in [0.29, 0.717) is 19.6 Å². The Balaban J connectivity index is 1.87. The molecule has 0 heterocycles. The summed E-state index contributed by atoms with van der Waals surface area (Å²) in [5.41, 5.74) is 1.25. The second-order valence-electron chi connectivity index (χ2n) is 7.36. The first kappa shape index (κ1) is 24.2. The van der Waals surface area contributed by atoms with Crippen molar-refractivity contribution in [3.63, 3.8) is 0 Å². The molecule has 4 nitrogen and oxygen atoms in total. The number of ether oxygens (including phenoxy) is 2. The van der Waals surface area contributed by atoms with Gasteiger partial charge in [0.2, 0.25) is 0 Å². The predicted octanol–water partition coefficient (Wildman–Crippen LogP) is 6.02. The van der Waals surface area contributed by atoms with Crippen molar-refractivity contribution in [1.82, 2.24) is 0 Å². The minimum Gasteiger partial charge on any atom is -0.466 e. The maximum absolute atomic E-state index is 11.7. The van der Waals surface area contributed by atoms with Crippen LogP contribution in [0.5, 0.6) is 0 Å². The number of carbonyl (C=O) groups excluding carboxylic acids is 2.